The van der Waals surface area contributed by atoms with Gasteiger partial charge >= 0.3 is 12.1 Å². The van der Waals surface area contributed by atoms with Crippen LogP contribution in [-0.4, -0.2) is 28.1 Å². The van der Waals surface area contributed by atoms with Gasteiger partial charge in [0, 0.05) is 0 Å². The van der Waals surface area contributed by atoms with E-state index in [2.05, 4.69) is 0 Å². The van der Waals surface area contributed by atoms with Crippen molar-refractivity contribution in [2.45, 2.75) is 51.0 Å². The molecule has 0 saturated heterocycles. The maximum Gasteiger partial charge on any atom is 0.431 e. The fraction of sp³-hybridized carbons (Fsp3) is 0.632. The number of ether oxygens (including phenoxy) is 2. The molecule has 0 bridgehead atoms. The highest BCUT2D eigenvalue weighted by Crippen LogP contribution is 2.74. The summed E-state index contributed by atoms with van der Waals surface area (Å²) in [6.07, 6.45) is -4.03. The van der Waals surface area contributed by atoms with E-state index in [0.29, 0.717) is 18.8 Å². The van der Waals surface area contributed by atoms with Crippen LogP contribution < -0.4 is 9.47 Å². The summed E-state index contributed by atoms with van der Waals surface area (Å²) in [7, 11) is 0. The summed E-state index contributed by atoms with van der Waals surface area (Å²) in [6.45, 7) is 7.42. The van der Waals surface area contributed by atoms with Crippen molar-refractivity contribution in [3.05, 3.63) is 24.3 Å². The number of carboxylic acid groups (broad SMARTS) is 1. The molecule has 27 heavy (non-hydrogen) atoms. The molecule has 1 aromatic carbocycles. The summed E-state index contributed by atoms with van der Waals surface area (Å²) in [4.78, 5) is 11.7. The van der Waals surface area contributed by atoms with Gasteiger partial charge in [0.2, 0.25) is 4.33 Å². The lowest BCUT2D eigenvalue weighted by molar-refractivity contribution is -0.189. The number of rotatable bonds is 9. The first kappa shape index (κ1) is 22.0. The average Bonchev–Trinajstić information content (AvgIpc) is 3.03. The fourth-order valence-corrected chi connectivity index (χ4v) is 4.43. The highest BCUT2D eigenvalue weighted by atomic mass is 35.5. The molecule has 0 spiro atoms. The quantitative estimate of drug-likeness (QED) is 0.512. The van der Waals surface area contributed by atoms with Crippen LogP contribution in [0.1, 0.15) is 40.5 Å². The summed E-state index contributed by atoms with van der Waals surface area (Å²) < 4.78 is 36.8. The molecule has 2 atom stereocenters. The van der Waals surface area contributed by atoms with Gasteiger partial charge in [-0.05, 0) is 55.4 Å². The van der Waals surface area contributed by atoms with E-state index < -0.39 is 39.6 Å². The van der Waals surface area contributed by atoms with Gasteiger partial charge in [0.1, 0.15) is 11.5 Å². The van der Waals surface area contributed by atoms with E-state index >= 15 is 0 Å². The number of halogens is 4. The van der Waals surface area contributed by atoms with E-state index in [-0.39, 0.29) is 5.75 Å². The second-order valence-electron chi connectivity index (χ2n) is 7.34. The van der Waals surface area contributed by atoms with Crippen molar-refractivity contribution in [2.75, 3.05) is 6.61 Å². The van der Waals surface area contributed by atoms with Crippen molar-refractivity contribution in [3.63, 3.8) is 0 Å². The van der Waals surface area contributed by atoms with Gasteiger partial charge in [-0.1, -0.05) is 44.0 Å². The Kier molecular flexibility index (Phi) is 5.94. The zero-order valence-electron chi connectivity index (χ0n) is 15.7. The van der Waals surface area contributed by atoms with Gasteiger partial charge in [0.15, 0.2) is 0 Å². The molecule has 8 heteroatoms. The molecule has 152 valence electrons. The fourth-order valence-electron chi connectivity index (χ4n) is 4.04. The second-order valence-corrected chi connectivity index (χ2v) is 8.82. The Bertz CT molecular complexity index is 691. The van der Waals surface area contributed by atoms with E-state index in [0.717, 1.165) is 0 Å². The van der Waals surface area contributed by atoms with Gasteiger partial charge in [0.05, 0.1) is 12.0 Å². The van der Waals surface area contributed by atoms with Crippen molar-refractivity contribution >= 4 is 29.2 Å². The first-order valence-electron chi connectivity index (χ1n) is 8.76. The molecule has 4 nitrogen and oxygen atoms in total. The van der Waals surface area contributed by atoms with Crippen LogP contribution in [0.5, 0.6) is 11.5 Å². The van der Waals surface area contributed by atoms with Crippen LogP contribution in [0.25, 0.3) is 0 Å². The number of carboxylic acids is 1. The van der Waals surface area contributed by atoms with Crippen molar-refractivity contribution in [2.24, 2.45) is 16.7 Å². The van der Waals surface area contributed by atoms with Gasteiger partial charge in [-0.15, -0.1) is 0 Å². The van der Waals surface area contributed by atoms with E-state index in [1.807, 2.05) is 0 Å². The average molecular weight is 425 g/mol. The molecule has 0 aromatic heterocycles. The van der Waals surface area contributed by atoms with Crippen molar-refractivity contribution in [1.82, 2.24) is 0 Å². The van der Waals surface area contributed by atoms with Crippen molar-refractivity contribution in [1.29, 1.82) is 0 Å². The minimum Gasteiger partial charge on any atom is -0.494 e. The first-order chi connectivity index (χ1) is 12.4. The Labute approximate surface area is 167 Å². The Balaban J connectivity index is 2.16. The van der Waals surface area contributed by atoms with Crippen LogP contribution in [-0.2, 0) is 4.79 Å². The maximum atomic E-state index is 14.7. The van der Waals surface area contributed by atoms with Crippen LogP contribution >= 0.6 is 23.2 Å². The summed E-state index contributed by atoms with van der Waals surface area (Å²) in [5, 5.41) is 9.60. The van der Waals surface area contributed by atoms with Gasteiger partial charge in [-0.2, -0.15) is 8.78 Å². The predicted molar refractivity (Wildman–Crippen MR) is 99.9 cm³/mol. The van der Waals surface area contributed by atoms with E-state index in [9.17, 15) is 18.7 Å². The topological polar surface area (TPSA) is 55.8 Å². The highest BCUT2D eigenvalue weighted by molar-refractivity contribution is 6.49. The summed E-state index contributed by atoms with van der Waals surface area (Å²) in [6, 6.07) is 5.65. The number of alkyl halides is 4. The Hall–Kier alpha value is -1.27. The normalized spacial score (nSPS) is 24.4. The minimum atomic E-state index is -3.92. The van der Waals surface area contributed by atoms with E-state index in [4.69, 9.17) is 32.7 Å². The van der Waals surface area contributed by atoms with Crippen molar-refractivity contribution < 1.29 is 28.2 Å². The first-order valence-corrected chi connectivity index (χ1v) is 9.52. The zero-order chi connectivity index (χ0) is 20.7. The Morgan fingerprint density at radius 2 is 1.70 bits per heavy atom. The summed E-state index contributed by atoms with van der Waals surface area (Å²) in [5.41, 5.74) is -1.82. The van der Waals surface area contributed by atoms with Crippen LogP contribution in [0.15, 0.2) is 24.3 Å². The predicted octanol–water partition coefficient (Wildman–Crippen LogP) is 5.76. The van der Waals surface area contributed by atoms with Crippen LogP contribution in [0.4, 0.5) is 8.78 Å². The molecule has 2 unspecified atom stereocenters. The van der Waals surface area contributed by atoms with Crippen LogP contribution in [0, 0.1) is 16.7 Å². The number of benzene rings is 1. The standard InChI is InChI=1S/C19H24Cl2F2O4/c1-5-17(15(24)25)14(16(17,3)4)11-18(20,21)19(22,23)27-13-9-7-12(8-10-13)26-6-2/h7-10,14H,5-6,11H2,1-4H3,(H,24,25). The SMILES string of the molecule is CCOc1ccc(OC(F)(F)C(Cl)(Cl)CC2C(C)(C)C2(CC)C(=O)O)cc1. The third-order valence-corrected chi connectivity index (χ3v) is 6.49. The molecular weight excluding hydrogens is 401 g/mol. The highest BCUT2D eigenvalue weighted by Gasteiger charge is 2.76. The molecule has 0 heterocycles. The molecule has 1 aliphatic rings. The molecule has 0 amide bonds. The van der Waals surface area contributed by atoms with Gasteiger partial charge in [-0.25, -0.2) is 0 Å². The smallest absolute Gasteiger partial charge is 0.431 e. The monoisotopic (exact) mass is 424 g/mol. The molecule has 0 aliphatic heterocycles. The van der Waals surface area contributed by atoms with Crippen LogP contribution in [0.3, 0.4) is 0 Å². The number of hydrogen-bond acceptors (Lipinski definition) is 3. The molecule has 1 fully saturated rings. The molecule has 0 radical (unpaired) electrons. The molecule has 1 aliphatic carbocycles. The molecule has 2 rings (SSSR count). The molecular formula is C19H24Cl2F2O4. The zero-order valence-corrected chi connectivity index (χ0v) is 17.2. The Morgan fingerprint density at radius 1 is 1.19 bits per heavy atom. The lowest BCUT2D eigenvalue weighted by atomic mass is 9.93. The third-order valence-electron chi connectivity index (χ3n) is 5.74. The van der Waals surface area contributed by atoms with E-state index in [1.54, 1.807) is 27.7 Å². The third kappa shape index (κ3) is 3.70. The number of carbonyl (C=O) groups is 1. The summed E-state index contributed by atoms with van der Waals surface area (Å²) in [5.74, 6) is -1.23. The molecule has 1 N–H and O–H groups in total. The molecule has 1 aromatic rings. The minimum absolute atomic E-state index is 0.121. The Morgan fingerprint density at radius 3 is 2.11 bits per heavy atom. The second kappa shape index (κ2) is 7.28. The lowest BCUT2D eigenvalue weighted by Crippen LogP contribution is -2.44. The van der Waals surface area contributed by atoms with Crippen LogP contribution in [0.2, 0.25) is 0 Å². The number of aliphatic carboxylic acids is 1. The summed E-state index contributed by atoms with van der Waals surface area (Å²) >= 11 is 12.0. The lowest BCUT2D eigenvalue weighted by Gasteiger charge is -2.30. The molecule has 1 saturated carbocycles. The van der Waals surface area contributed by atoms with Gasteiger partial charge < -0.3 is 14.6 Å². The van der Waals surface area contributed by atoms with Gasteiger partial charge in [0.25, 0.3) is 0 Å². The largest absolute Gasteiger partial charge is 0.494 e. The maximum absolute atomic E-state index is 14.7. The van der Waals surface area contributed by atoms with E-state index in [1.165, 1.54) is 24.3 Å². The van der Waals surface area contributed by atoms with Gasteiger partial charge in [-0.3, -0.25) is 4.79 Å². The number of hydrogen-bond donors (Lipinski definition) is 1. The van der Waals surface area contributed by atoms with Crippen molar-refractivity contribution in [3.8, 4) is 11.5 Å².